The average molecular weight is 457 g/mol. The standard InChI is InChI=1S/C27H26BF2N3O/c1-2-32-24-10-4-3-8-21(24)23-16-20(11-12-25(23)32)33-17-19-15-18-7-5-13-31-14-6-9-22(26(18)31)27(19)34-28(33,29)30/h3-4,8,10-12,15-17H,2,5-7,9,13-14H2,1H3. The second-order valence-corrected chi connectivity index (χ2v) is 9.65. The minimum Gasteiger partial charge on any atom is -0.599 e. The largest absolute Gasteiger partial charge is 0.834 e. The Kier molecular flexibility index (Phi) is 4.18. The number of hydrogen-bond donors (Lipinski definition) is 0. The van der Waals surface area contributed by atoms with Crippen LogP contribution in [0.3, 0.4) is 0 Å². The molecule has 7 heteroatoms. The molecule has 4 nitrogen and oxygen atoms in total. The number of hydrogen-bond acceptors (Lipinski definition) is 2. The summed E-state index contributed by atoms with van der Waals surface area (Å²) in [4.78, 5) is 2.36. The minimum atomic E-state index is -4.25. The summed E-state index contributed by atoms with van der Waals surface area (Å²) < 4.78 is 40.1. The van der Waals surface area contributed by atoms with Crippen LogP contribution in [-0.2, 0) is 19.4 Å². The van der Waals surface area contributed by atoms with Gasteiger partial charge in [-0.05, 0) is 56.4 Å². The van der Waals surface area contributed by atoms with Crippen molar-refractivity contribution in [3.63, 3.8) is 0 Å². The number of nitrogens with zero attached hydrogens (tertiary/aromatic N) is 3. The van der Waals surface area contributed by atoms with Gasteiger partial charge in [0.2, 0.25) is 0 Å². The van der Waals surface area contributed by atoms with E-state index in [4.69, 9.17) is 4.65 Å². The van der Waals surface area contributed by atoms with Crippen LogP contribution in [0.5, 0.6) is 5.75 Å². The molecule has 0 bridgehead atoms. The van der Waals surface area contributed by atoms with Crippen LogP contribution in [0.2, 0.25) is 0 Å². The predicted octanol–water partition coefficient (Wildman–Crippen LogP) is 6.04. The van der Waals surface area contributed by atoms with E-state index < -0.39 is 7.04 Å². The van der Waals surface area contributed by atoms with Gasteiger partial charge in [-0.1, -0.05) is 18.2 Å². The molecule has 0 N–H and O–H groups in total. The van der Waals surface area contributed by atoms with Crippen LogP contribution >= 0.6 is 0 Å². The first kappa shape index (κ1) is 20.1. The molecule has 0 spiro atoms. The van der Waals surface area contributed by atoms with Crippen molar-refractivity contribution in [2.24, 2.45) is 0 Å². The first-order valence-corrected chi connectivity index (χ1v) is 12.3. The fourth-order valence-corrected chi connectivity index (χ4v) is 6.32. The van der Waals surface area contributed by atoms with Gasteiger partial charge in [0.15, 0.2) is 5.69 Å². The van der Waals surface area contributed by atoms with Crippen molar-refractivity contribution in [2.75, 3.05) is 18.0 Å². The molecule has 0 radical (unpaired) electrons. The van der Waals surface area contributed by atoms with E-state index >= 15 is 8.63 Å². The van der Waals surface area contributed by atoms with Gasteiger partial charge in [0, 0.05) is 64.8 Å². The van der Waals surface area contributed by atoms with Crippen molar-refractivity contribution in [1.29, 1.82) is 0 Å². The molecule has 4 heterocycles. The van der Waals surface area contributed by atoms with Crippen molar-refractivity contribution in [2.45, 2.75) is 39.2 Å². The lowest BCUT2D eigenvalue weighted by Gasteiger charge is -2.40. The summed E-state index contributed by atoms with van der Waals surface area (Å²) in [5, 5.41) is 2.06. The van der Waals surface area contributed by atoms with Gasteiger partial charge < -0.3 is 27.2 Å². The predicted molar refractivity (Wildman–Crippen MR) is 134 cm³/mol. The van der Waals surface area contributed by atoms with Crippen molar-refractivity contribution >= 4 is 46.4 Å². The van der Waals surface area contributed by atoms with Crippen LogP contribution in [0.15, 0.2) is 48.5 Å². The number of benzene rings is 3. The molecule has 0 amide bonds. The Bertz CT molecular complexity index is 1520. The zero-order chi connectivity index (χ0) is 23.0. The van der Waals surface area contributed by atoms with E-state index in [0.29, 0.717) is 11.4 Å². The molecule has 172 valence electrons. The van der Waals surface area contributed by atoms with Gasteiger partial charge in [-0.15, -0.1) is 0 Å². The smallest absolute Gasteiger partial charge is 0.599 e. The Morgan fingerprint density at radius 1 is 0.971 bits per heavy atom. The Morgan fingerprint density at radius 2 is 1.76 bits per heavy atom. The normalized spacial score (nSPS) is 18.4. The van der Waals surface area contributed by atoms with Gasteiger partial charge in [0.25, 0.3) is 0 Å². The number of aryl methyl sites for hydroxylation is 2. The van der Waals surface area contributed by atoms with Gasteiger partial charge in [-0.3, -0.25) is 0 Å². The topological polar surface area (TPSA) is 20.4 Å². The van der Waals surface area contributed by atoms with E-state index in [9.17, 15) is 0 Å². The molecule has 3 aromatic carbocycles. The Labute approximate surface area is 197 Å². The Hall–Kier alpha value is -3.35. The highest BCUT2D eigenvalue weighted by atomic mass is 19.3. The number of anilines is 1. The summed E-state index contributed by atoms with van der Waals surface area (Å²) in [6.45, 7) is 4.93. The van der Waals surface area contributed by atoms with Crippen LogP contribution < -0.4 is 9.55 Å². The lowest BCUT2D eigenvalue weighted by atomic mass is 9.87. The first-order chi connectivity index (χ1) is 16.5. The molecule has 4 aromatic rings. The van der Waals surface area contributed by atoms with Crippen LogP contribution in [0.1, 0.15) is 36.5 Å². The number of halogens is 2. The summed E-state index contributed by atoms with van der Waals surface area (Å²) in [6.07, 6.45) is 5.48. The monoisotopic (exact) mass is 457 g/mol. The lowest BCUT2D eigenvalue weighted by molar-refractivity contribution is -0.343. The number of fused-ring (bicyclic) bond motifs is 5. The molecular weight excluding hydrogens is 431 g/mol. The van der Waals surface area contributed by atoms with Crippen LogP contribution in [0, 0.1) is 0 Å². The Balaban J connectivity index is 1.43. The third-order valence-electron chi connectivity index (χ3n) is 7.73. The molecule has 0 atom stereocenters. The summed E-state index contributed by atoms with van der Waals surface area (Å²) in [5.41, 5.74) is 6.78. The highest BCUT2D eigenvalue weighted by molar-refractivity contribution is 6.53. The summed E-state index contributed by atoms with van der Waals surface area (Å²) in [6, 6.07) is 15.9. The van der Waals surface area contributed by atoms with E-state index in [1.165, 1.54) is 5.56 Å². The van der Waals surface area contributed by atoms with Crippen molar-refractivity contribution in [3.8, 4) is 5.75 Å². The van der Waals surface area contributed by atoms with E-state index in [1.54, 1.807) is 12.3 Å². The maximum Gasteiger partial charge on any atom is 0.834 e. The molecule has 0 unspecified atom stereocenters. The zero-order valence-corrected chi connectivity index (χ0v) is 19.2. The number of aromatic nitrogens is 1. The lowest BCUT2D eigenvalue weighted by Crippen LogP contribution is -2.47. The van der Waals surface area contributed by atoms with Crippen LogP contribution in [0.25, 0.3) is 21.8 Å². The third-order valence-corrected chi connectivity index (χ3v) is 7.73. The summed E-state index contributed by atoms with van der Waals surface area (Å²) in [7, 11) is -4.25. The van der Waals surface area contributed by atoms with E-state index in [0.717, 1.165) is 88.4 Å². The fourth-order valence-electron chi connectivity index (χ4n) is 6.32. The van der Waals surface area contributed by atoms with E-state index in [2.05, 4.69) is 34.6 Å². The molecule has 0 aliphatic carbocycles. The molecule has 3 aliphatic rings. The van der Waals surface area contributed by atoms with Gasteiger partial charge in [-0.25, -0.2) is 0 Å². The maximum atomic E-state index is 15.6. The highest BCUT2D eigenvalue weighted by Crippen LogP contribution is 2.45. The van der Waals surface area contributed by atoms with Gasteiger partial charge in [0.05, 0.1) is 11.3 Å². The molecule has 0 fully saturated rings. The van der Waals surface area contributed by atoms with Gasteiger partial charge >= 0.3 is 7.04 Å². The molecule has 0 saturated heterocycles. The van der Waals surface area contributed by atoms with Gasteiger partial charge in [0.1, 0.15) is 6.21 Å². The van der Waals surface area contributed by atoms with Crippen LogP contribution in [-0.4, -0.2) is 35.4 Å². The highest BCUT2D eigenvalue weighted by Gasteiger charge is 2.51. The zero-order valence-electron chi connectivity index (χ0n) is 19.2. The second kappa shape index (κ2) is 7.08. The number of para-hydroxylation sites is 1. The van der Waals surface area contributed by atoms with Gasteiger partial charge in [-0.2, -0.15) is 0 Å². The van der Waals surface area contributed by atoms with E-state index in [1.807, 2.05) is 24.3 Å². The second-order valence-electron chi connectivity index (χ2n) is 9.65. The molecule has 34 heavy (non-hydrogen) atoms. The van der Waals surface area contributed by atoms with Crippen molar-refractivity contribution in [3.05, 3.63) is 65.2 Å². The maximum absolute atomic E-state index is 15.6. The number of rotatable bonds is 2. The average Bonchev–Trinajstić information content (AvgIpc) is 3.17. The minimum absolute atomic E-state index is 0.385. The third kappa shape index (κ3) is 2.73. The molecule has 0 saturated carbocycles. The van der Waals surface area contributed by atoms with Crippen molar-refractivity contribution < 1.29 is 17.8 Å². The first-order valence-electron chi connectivity index (χ1n) is 12.3. The van der Waals surface area contributed by atoms with Crippen LogP contribution in [0.4, 0.5) is 20.0 Å². The SMILES string of the molecule is CCn1c2ccccc2c2cc([N+]3=Cc4cc5c6c(c4O[B-]3(F)F)CCCN6CCC5)ccc21. The van der Waals surface area contributed by atoms with E-state index in [-0.39, 0.29) is 0 Å². The molecule has 3 aliphatic heterocycles. The molecule has 7 rings (SSSR count). The quantitative estimate of drug-likeness (QED) is 0.342. The summed E-state index contributed by atoms with van der Waals surface area (Å²) in [5.74, 6) is 0.385. The summed E-state index contributed by atoms with van der Waals surface area (Å²) >= 11 is 0. The molecular formula is C27H26BF2N3O. The molecule has 1 aromatic heterocycles. The fraction of sp³-hybridized carbons (Fsp3) is 0.296. The Morgan fingerprint density at radius 3 is 2.62 bits per heavy atom. The van der Waals surface area contributed by atoms with Crippen molar-refractivity contribution in [1.82, 2.24) is 4.57 Å².